The van der Waals surface area contributed by atoms with Crippen LogP contribution in [0.5, 0.6) is 0 Å². The number of hydrogen-bond acceptors (Lipinski definition) is 6. The predicted molar refractivity (Wildman–Crippen MR) is 114 cm³/mol. The average molecular weight is 418 g/mol. The van der Waals surface area contributed by atoms with Gasteiger partial charge in [-0.2, -0.15) is 0 Å². The Morgan fingerprint density at radius 3 is 2.30 bits per heavy atom. The lowest BCUT2D eigenvalue weighted by molar-refractivity contribution is 0.0594. The van der Waals surface area contributed by atoms with Crippen LogP contribution in [0.2, 0.25) is 0 Å². The van der Waals surface area contributed by atoms with Gasteiger partial charge in [-0.1, -0.05) is 45.9 Å². The number of nitrogens with one attached hydrogen (secondary N) is 1. The number of carbonyl (C=O) groups is 2. The molecule has 8 nitrogen and oxygen atoms in total. The molecule has 0 fully saturated rings. The molecule has 1 aromatic carbocycles. The number of anilines is 1. The molecule has 1 aromatic heterocycles. The van der Waals surface area contributed by atoms with Gasteiger partial charge in [-0.15, -0.1) is 0 Å². The van der Waals surface area contributed by atoms with Crippen LogP contribution in [-0.4, -0.2) is 49.3 Å². The summed E-state index contributed by atoms with van der Waals surface area (Å²) in [5.74, 6) is 0.148. The molecule has 0 atom stereocenters. The third-order valence-corrected chi connectivity index (χ3v) is 4.73. The van der Waals surface area contributed by atoms with Crippen LogP contribution in [0.3, 0.4) is 0 Å². The molecule has 0 radical (unpaired) electrons. The van der Waals surface area contributed by atoms with Crippen LogP contribution in [0.15, 0.2) is 28.9 Å². The second-order valence-corrected chi connectivity index (χ2v) is 7.58. The molecule has 0 aliphatic heterocycles. The Kier molecular flexibility index (Phi) is 8.41. The second kappa shape index (κ2) is 10.8. The van der Waals surface area contributed by atoms with Crippen molar-refractivity contribution >= 4 is 17.7 Å². The van der Waals surface area contributed by atoms with E-state index in [0.717, 1.165) is 16.8 Å². The predicted octanol–water partition coefficient (Wildman–Crippen LogP) is 4.39. The minimum atomic E-state index is -0.592. The molecule has 0 saturated carbocycles. The van der Waals surface area contributed by atoms with Crippen molar-refractivity contribution in [1.29, 1.82) is 0 Å². The maximum absolute atomic E-state index is 13.2. The molecule has 0 bridgehead atoms. The van der Waals surface area contributed by atoms with E-state index < -0.39 is 5.97 Å². The number of para-hydroxylation sites is 1. The van der Waals surface area contributed by atoms with E-state index in [0.29, 0.717) is 13.2 Å². The first-order chi connectivity index (χ1) is 14.3. The number of esters is 1. The van der Waals surface area contributed by atoms with Crippen molar-refractivity contribution in [2.75, 3.05) is 32.7 Å². The summed E-state index contributed by atoms with van der Waals surface area (Å²) in [5, 5.41) is 3.08. The van der Waals surface area contributed by atoms with Gasteiger partial charge in [-0.25, -0.2) is 14.6 Å². The largest absolute Gasteiger partial charge is 0.464 e. The molecule has 8 heteroatoms. The molecule has 0 aliphatic rings. The zero-order valence-electron chi connectivity index (χ0n) is 18.5. The Bertz CT molecular complexity index is 834. The number of methoxy groups -OCH3 is 2. The molecule has 2 amide bonds. The molecule has 0 saturated heterocycles. The highest BCUT2D eigenvalue weighted by molar-refractivity contribution is 5.91. The van der Waals surface area contributed by atoms with Gasteiger partial charge in [-0.3, -0.25) is 0 Å². The van der Waals surface area contributed by atoms with Crippen molar-refractivity contribution in [2.24, 2.45) is 0 Å². The molecule has 30 heavy (non-hydrogen) atoms. The number of amides is 2. The molecule has 0 aliphatic carbocycles. The van der Waals surface area contributed by atoms with Gasteiger partial charge in [0.1, 0.15) is 6.26 Å². The Hall–Kier alpha value is -2.87. The second-order valence-electron chi connectivity index (χ2n) is 7.58. The highest BCUT2D eigenvalue weighted by atomic mass is 16.5. The first-order valence-electron chi connectivity index (χ1n) is 9.98. The maximum atomic E-state index is 13.2. The highest BCUT2D eigenvalue weighted by Crippen LogP contribution is 2.32. The average Bonchev–Trinajstić information content (AvgIpc) is 3.18. The molecular weight excluding hydrogens is 386 g/mol. The van der Waals surface area contributed by atoms with E-state index in [1.807, 2.05) is 18.2 Å². The highest BCUT2D eigenvalue weighted by Gasteiger charge is 2.22. The Morgan fingerprint density at radius 2 is 1.77 bits per heavy atom. The van der Waals surface area contributed by atoms with Gasteiger partial charge in [-0.05, 0) is 23.0 Å². The first-order valence-corrected chi connectivity index (χ1v) is 9.98. The minimum Gasteiger partial charge on any atom is -0.464 e. The molecular formula is C22H31N3O5. The number of oxazole rings is 1. The van der Waals surface area contributed by atoms with Crippen LogP contribution in [0, 0.1) is 0 Å². The summed E-state index contributed by atoms with van der Waals surface area (Å²) in [6.07, 6.45) is 1.22. The molecule has 2 aromatic rings. The summed E-state index contributed by atoms with van der Waals surface area (Å²) in [6.45, 7) is 9.16. The number of nitrogens with zero attached hydrogens (tertiary/aromatic N) is 2. The lowest BCUT2D eigenvalue weighted by Crippen LogP contribution is -2.37. The normalized spacial score (nSPS) is 11.1. The Balaban J connectivity index is 2.28. The summed E-state index contributed by atoms with van der Waals surface area (Å²) in [4.78, 5) is 30.4. The smallest absolute Gasteiger partial charge is 0.360 e. The summed E-state index contributed by atoms with van der Waals surface area (Å²) < 4.78 is 15.1. The van der Waals surface area contributed by atoms with Crippen molar-refractivity contribution in [3.63, 3.8) is 0 Å². The SMILES string of the molecule is COCCN(Cc1nc(C(=O)OC)co1)C(=O)Nc1c(C(C)C)cccc1C(C)C. The fraction of sp³-hybridized carbons (Fsp3) is 0.500. The van der Waals surface area contributed by atoms with Crippen LogP contribution >= 0.6 is 0 Å². The van der Waals surface area contributed by atoms with Gasteiger partial charge < -0.3 is 24.1 Å². The molecule has 2 rings (SSSR count). The van der Waals surface area contributed by atoms with Crippen LogP contribution < -0.4 is 5.32 Å². The molecule has 0 unspecified atom stereocenters. The quantitative estimate of drug-likeness (QED) is 0.608. The van der Waals surface area contributed by atoms with Crippen LogP contribution in [0.4, 0.5) is 10.5 Å². The van der Waals surface area contributed by atoms with Crippen molar-refractivity contribution in [2.45, 2.75) is 46.1 Å². The van der Waals surface area contributed by atoms with Crippen molar-refractivity contribution in [3.05, 3.63) is 47.2 Å². The molecule has 0 spiro atoms. The van der Waals surface area contributed by atoms with Crippen LogP contribution in [0.1, 0.15) is 67.0 Å². The van der Waals surface area contributed by atoms with Crippen LogP contribution in [-0.2, 0) is 16.0 Å². The zero-order valence-corrected chi connectivity index (χ0v) is 18.5. The number of benzene rings is 1. The summed E-state index contributed by atoms with van der Waals surface area (Å²) in [5.41, 5.74) is 3.04. The van der Waals surface area contributed by atoms with E-state index in [2.05, 4.69) is 42.7 Å². The van der Waals surface area contributed by atoms with E-state index >= 15 is 0 Å². The molecule has 164 valence electrons. The van der Waals surface area contributed by atoms with Gasteiger partial charge in [0, 0.05) is 19.3 Å². The Morgan fingerprint density at radius 1 is 1.13 bits per heavy atom. The number of carbonyl (C=O) groups excluding carboxylic acids is 2. The summed E-state index contributed by atoms with van der Waals surface area (Å²) in [7, 11) is 2.84. The fourth-order valence-corrected chi connectivity index (χ4v) is 3.08. The summed E-state index contributed by atoms with van der Waals surface area (Å²) in [6, 6.07) is 5.79. The zero-order chi connectivity index (χ0) is 22.3. The fourth-order valence-electron chi connectivity index (χ4n) is 3.08. The maximum Gasteiger partial charge on any atom is 0.360 e. The van der Waals surface area contributed by atoms with Gasteiger partial charge in [0.25, 0.3) is 0 Å². The first kappa shape index (κ1) is 23.4. The van der Waals surface area contributed by atoms with E-state index in [9.17, 15) is 9.59 Å². The van der Waals surface area contributed by atoms with Crippen molar-refractivity contribution < 1.29 is 23.5 Å². The molecule has 1 heterocycles. The lowest BCUT2D eigenvalue weighted by atomic mass is 9.93. The van der Waals surface area contributed by atoms with E-state index in [1.54, 1.807) is 7.11 Å². The van der Waals surface area contributed by atoms with E-state index in [1.165, 1.54) is 18.3 Å². The number of ether oxygens (including phenoxy) is 2. The van der Waals surface area contributed by atoms with Crippen LogP contribution in [0.25, 0.3) is 0 Å². The topological polar surface area (TPSA) is 93.9 Å². The van der Waals surface area contributed by atoms with Gasteiger partial charge in [0.2, 0.25) is 5.89 Å². The van der Waals surface area contributed by atoms with Gasteiger partial charge in [0.15, 0.2) is 5.69 Å². The number of rotatable bonds is 9. The third-order valence-electron chi connectivity index (χ3n) is 4.73. The van der Waals surface area contributed by atoms with Crippen molar-refractivity contribution in [3.8, 4) is 0 Å². The third kappa shape index (κ3) is 5.82. The number of hydrogen-bond donors (Lipinski definition) is 1. The standard InChI is InChI=1S/C22H31N3O5/c1-14(2)16-8-7-9-17(15(3)4)20(16)24-22(27)25(10-11-28-5)12-19-23-18(13-30-19)21(26)29-6/h7-9,13-15H,10-12H2,1-6H3,(H,24,27). The lowest BCUT2D eigenvalue weighted by Gasteiger charge is -2.25. The van der Waals surface area contributed by atoms with Gasteiger partial charge >= 0.3 is 12.0 Å². The van der Waals surface area contributed by atoms with Crippen molar-refractivity contribution in [1.82, 2.24) is 9.88 Å². The summed E-state index contributed by atoms with van der Waals surface area (Å²) >= 11 is 0. The monoisotopic (exact) mass is 417 g/mol. The number of urea groups is 1. The minimum absolute atomic E-state index is 0.0619. The van der Waals surface area contributed by atoms with Gasteiger partial charge in [0.05, 0.1) is 20.3 Å². The van der Waals surface area contributed by atoms with E-state index in [4.69, 9.17) is 9.15 Å². The number of aromatic nitrogens is 1. The Labute approximate surface area is 177 Å². The van der Waals surface area contributed by atoms with E-state index in [-0.39, 0.29) is 36.0 Å². The molecule has 1 N–H and O–H groups in total.